The molecule has 1 N–H and O–H groups in total. The molecule has 1 aromatic rings. The lowest BCUT2D eigenvalue weighted by atomic mass is 10.2. The molecule has 20 heavy (non-hydrogen) atoms. The lowest BCUT2D eigenvalue weighted by molar-refractivity contribution is 0.178. The van der Waals surface area contributed by atoms with Crippen LogP contribution in [0, 0.1) is 5.92 Å². The first kappa shape index (κ1) is 15.0. The molecule has 0 bridgehead atoms. The predicted molar refractivity (Wildman–Crippen MR) is 82.1 cm³/mol. The van der Waals surface area contributed by atoms with Crippen molar-refractivity contribution in [3.63, 3.8) is 0 Å². The lowest BCUT2D eigenvalue weighted by Gasteiger charge is -2.28. The first-order chi connectivity index (χ1) is 9.63. The van der Waals surface area contributed by atoms with Crippen LogP contribution in [0.5, 0.6) is 0 Å². The summed E-state index contributed by atoms with van der Waals surface area (Å²) in [7, 11) is 1.67. The standard InChI is InChI=1S/C15H26N4O/c1-5-16-13-8-15(18-14(17-13)10-20-4)19(11(2)3)9-12-6-7-12/h8,11-12H,5-7,9-10H2,1-4H3,(H,16,17,18). The van der Waals surface area contributed by atoms with Crippen LogP contribution in [-0.2, 0) is 11.3 Å². The van der Waals surface area contributed by atoms with Gasteiger partial charge >= 0.3 is 0 Å². The van der Waals surface area contributed by atoms with Gasteiger partial charge in [0.1, 0.15) is 18.2 Å². The fraction of sp³-hybridized carbons (Fsp3) is 0.733. The number of aromatic nitrogens is 2. The molecule has 5 nitrogen and oxygen atoms in total. The highest BCUT2D eigenvalue weighted by molar-refractivity contribution is 5.50. The topological polar surface area (TPSA) is 50.3 Å². The summed E-state index contributed by atoms with van der Waals surface area (Å²) >= 11 is 0. The number of methoxy groups -OCH3 is 1. The number of hydrogen-bond acceptors (Lipinski definition) is 5. The molecule has 0 amide bonds. The summed E-state index contributed by atoms with van der Waals surface area (Å²) in [4.78, 5) is 11.5. The molecule has 1 aromatic heterocycles. The van der Waals surface area contributed by atoms with Gasteiger partial charge in [0, 0.05) is 32.3 Å². The van der Waals surface area contributed by atoms with Crippen LogP contribution >= 0.6 is 0 Å². The molecule has 0 saturated heterocycles. The summed E-state index contributed by atoms with van der Waals surface area (Å²) in [5, 5.41) is 3.28. The second kappa shape index (κ2) is 6.88. The van der Waals surface area contributed by atoms with Crippen molar-refractivity contribution in [1.82, 2.24) is 9.97 Å². The van der Waals surface area contributed by atoms with E-state index in [0.29, 0.717) is 12.6 Å². The molecule has 0 radical (unpaired) electrons. The zero-order valence-electron chi connectivity index (χ0n) is 13.0. The third kappa shape index (κ3) is 4.07. The lowest BCUT2D eigenvalue weighted by Crippen LogP contribution is -2.34. The van der Waals surface area contributed by atoms with Crippen molar-refractivity contribution >= 4 is 11.6 Å². The van der Waals surface area contributed by atoms with Crippen molar-refractivity contribution < 1.29 is 4.74 Å². The van der Waals surface area contributed by atoms with Crippen LogP contribution in [0.4, 0.5) is 11.6 Å². The molecule has 1 aliphatic carbocycles. The first-order valence-electron chi connectivity index (χ1n) is 7.51. The Kier molecular flexibility index (Phi) is 5.17. The average molecular weight is 278 g/mol. The van der Waals surface area contributed by atoms with Crippen LogP contribution in [-0.4, -0.2) is 36.2 Å². The Labute approximate surface area is 121 Å². The molecule has 5 heteroatoms. The minimum atomic E-state index is 0.440. The number of nitrogens with zero attached hydrogens (tertiary/aromatic N) is 3. The minimum Gasteiger partial charge on any atom is -0.377 e. The third-order valence-electron chi connectivity index (χ3n) is 3.46. The molecule has 0 unspecified atom stereocenters. The third-order valence-corrected chi connectivity index (χ3v) is 3.46. The smallest absolute Gasteiger partial charge is 0.158 e. The summed E-state index contributed by atoms with van der Waals surface area (Å²) in [5.74, 6) is 3.46. The Bertz CT molecular complexity index is 408. The van der Waals surface area contributed by atoms with Crippen LogP contribution in [0.1, 0.15) is 39.4 Å². The highest BCUT2D eigenvalue weighted by atomic mass is 16.5. The minimum absolute atomic E-state index is 0.440. The molecule has 112 valence electrons. The maximum atomic E-state index is 5.18. The van der Waals surface area contributed by atoms with E-state index in [4.69, 9.17) is 4.74 Å². The summed E-state index contributed by atoms with van der Waals surface area (Å²) in [6.07, 6.45) is 2.69. The monoisotopic (exact) mass is 278 g/mol. The Hall–Kier alpha value is -1.36. The highest BCUT2D eigenvalue weighted by Crippen LogP contribution is 2.32. The van der Waals surface area contributed by atoms with Gasteiger partial charge in [0.05, 0.1) is 0 Å². The Morgan fingerprint density at radius 1 is 1.40 bits per heavy atom. The van der Waals surface area contributed by atoms with Crippen molar-refractivity contribution in [1.29, 1.82) is 0 Å². The predicted octanol–water partition coefficient (Wildman–Crippen LogP) is 2.68. The fourth-order valence-electron chi connectivity index (χ4n) is 2.24. The molecular weight excluding hydrogens is 252 g/mol. The molecule has 1 heterocycles. The Morgan fingerprint density at radius 2 is 2.15 bits per heavy atom. The van der Waals surface area contributed by atoms with Gasteiger partial charge in [-0.2, -0.15) is 0 Å². The van der Waals surface area contributed by atoms with Gasteiger partial charge in [-0.3, -0.25) is 0 Å². The fourth-order valence-corrected chi connectivity index (χ4v) is 2.24. The maximum absolute atomic E-state index is 5.18. The van der Waals surface area contributed by atoms with Crippen molar-refractivity contribution in [2.45, 2.75) is 46.3 Å². The number of rotatable bonds is 8. The van der Waals surface area contributed by atoms with Crippen LogP contribution in [0.2, 0.25) is 0 Å². The van der Waals surface area contributed by atoms with E-state index in [1.807, 2.05) is 6.07 Å². The normalized spacial score (nSPS) is 14.7. The van der Waals surface area contributed by atoms with Gasteiger partial charge < -0.3 is 15.0 Å². The molecule has 2 rings (SSSR count). The Balaban J connectivity index is 2.25. The number of nitrogens with one attached hydrogen (secondary N) is 1. The van der Waals surface area contributed by atoms with Gasteiger partial charge in [0.25, 0.3) is 0 Å². The van der Waals surface area contributed by atoms with Gasteiger partial charge in [-0.25, -0.2) is 9.97 Å². The summed E-state index contributed by atoms with van der Waals surface area (Å²) in [6, 6.07) is 2.49. The summed E-state index contributed by atoms with van der Waals surface area (Å²) < 4.78 is 5.18. The van der Waals surface area contributed by atoms with E-state index in [1.165, 1.54) is 12.8 Å². The van der Waals surface area contributed by atoms with Crippen molar-refractivity contribution in [2.24, 2.45) is 5.92 Å². The van der Waals surface area contributed by atoms with Crippen LogP contribution < -0.4 is 10.2 Å². The van der Waals surface area contributed by atoms with Crippen molar-refractivity contribution in [3.8, 4) is 0 Å². The van der Waals surface area contributed by atoms with Crippen molar-refractivity contribution in [2.75, 3.05) is 30.4 Å². The molecule has 0 aromatic carbocycles. The summed E-state index contributed by atoms with van der Waals surface area (Å²) in [6.45, 7) is 8.89. The maximum Gasteiger partial charge on any atom is 0.158 e. The molecule has 1 fully saturated rings. The molecular formula is C15H26N4O. The Morgan fingerprint density at radius 3 is 2.70 bits per heavy atom. The zero-order valence-corrected chi connectivity index (χ0v) is 13.0. The first-order valence-corrected chi connectivity index (χ1v) is 7.51. The van der Waals surface area contributed by atoms with Crippen molar-refractivity contribution in [3.05, 3.63) is 11.9 Å². The van der Waals surface area contributed by atoms with Crippen LogP contribution in [0.3, 0.4) is 0 Å². The zero-order chi connectivity index (χ0) is 14.5. The summed E-state index contributed by atoms with van der Waals surface area (Å²) in [5.41, 5.74) is 0. The van der Waals surface area contributed by atoms with Gasteiger partial charge in [-0.05, 0) is 39.5 Å². The second-order valence-corrected chi connectivity index (χ2v) is 5.68. The highest BCUT2D eigenvalue weighted by Gasteiger charge is 2.26. The van der Waals surface area contributed by atoms with Gasteiger partial charge in [-0.1, -0.05) is 0 Å². The largest absolute Gasteiger partial charge is 0.377 e. The molecule has 1 saturated carbocycles. The van der Waals surface area contributed by atoms with Gasteiger partial charge in [0.2, 0.25) is 0 Å². The van der Waals surface area contributed by atoms with Gasteiger partial charge in [-0.15, -0.1) is 0 Å². The van der Waals surface area contributed by atoms with E-state index in [0.717, 1.165) is 36.5 Å². The molecule has 0 aliphatic heterocycles. The van der Waals surface area contributed by atoms with E-state index >= 15 is 0 Å². The van der Waals surface area contributed by atoms with E-state index in [2.05, 4.69) is 41.0 Å². The number of anilines is 2. The van der Waals surface area contributed by atoms with Crippen LogP contribution in [0.15, 0.2) is 6.07 Å². The average Bonchev–Trinajstić information content (AvgIpc) is 3.20. The second-order valence-electron chi connectivity index (χ2n) is 5.68. The molecule has 1 aliphatic rings. The van der Waals surface area contributed by atoms with Crippen LogP contribution in [0.25, 0.3) is 0 Å². The SMILES string of the molecule is CCNc1cc(N(CC2CC2)C(C)C)nc(COC)n1. The molecule has 0 spiro atoms. The number of hydrogen-bond donors (Lipinski definition) is 1. The molecule has 0 atom stereocenters. The number of ether oxygens (including phenoxy) is 1. The quantitative estimate of drug-likeness (QED) is 0.792. The van der Waals surface area contributed by atoms with E-state index in [9.17, 15) is 0 Å². The van der Waals surface area contributed by atoms with E-state index < -0.39 is 0 Å². The van der Waals surface area contributed by atoms with E-state index in [1.54, 1.807) is 7.11 Å². The van der Waals surface area contributed by atoms with Gasteiger partial charge in [0.15, 0.2) is 5.82 Å². The van der Waals surface area contributed by atoms with E-state index in [-0.39, 0.29) is 0 Å².